The second-order valence-electron chi connectivity index (χ2n) is 16.7. The largest absolute Gasteiger partial charge is 0.472 e. The van der Waals surface area contributed by atoms with E-state index in [0.29, 0.717) is 36.7 Å². The van der Waals surface area contributed by atoms with Crippen molar-refractivity contribution < 1.29 is 52.3 Å². The number of rotatable bonds is 41. The van der Waals surface area contributed by atoms with Crippen LogP contribution in [0, 0.1) is 0 Å². The number of allylic oxidation sites excluding steroid dienone is 5. The summed E-state index contributed by atoms with van der Waals surface area (Å²) in [5.41, 5.74) is 0. The van der Waals surface area contributed by atoms with Crippen LogP contribution in [0.3, 0.4) is 0 Å². The Balaban J connectivity index is 4.46. The number of carbonyl (C=O) groups is 2. The molecule has 0 bridgehead atoms. The van der Waals surface area contributed by atoms with Gasteiger partial charge in [0.25, 0.3) is 0 Å². The highest BCUT2D eigenvalue weighted by molar-refractivity contribution is 7.47. The lowest BCUT2D eigenvalue weighted by atomic mass is 10.0. The first-order valence-electron chi connectivity index (χ1n) is 22.9. The first kappa shape index (κ1) is 56.1. The molecule has 0 aliphatic rings. The normalized spacial score (nSPS) is 15.0. The molecule has 0 aromatic heterocycles. The van der Waals surface area contributed by atoms with Crippen LogP contribution in [0.2, 0.25) is 0 Å². The number of aliphatic hydroxyl groups excluding tert-OH is 2. The zero-order valence-electron chi connectivity index (χ0n) is 37.5. The summed E-state index contributed by atoms with van der Waals surface area (Å²) in [5.74, 6) is -0.919. The average Bonchev–Trinajstić information content (AvgIpc) is 3.17. The molecule has 1 unspecified atom stereocenters. The number of aliphatic hydroxyl groups is 2. The third kappa shape index (κ3) is 39.6. The van der Waals surface area contributed by atoms with E-state index in [1.54, 1.807) is 0 Å². The van der Waals surface area contributed by atoms with Crippen LogP contribution >= 0.6 is 7.82 Å². The highest BCUT2D eigenvalue weighted by Gasteiger charge is 2.27. The van der Waals surface area contributed by atoms with E-state index in [0.717, 1.165) is 70.6 Å². The summed E-state index contributed by atoms with van der Waals surface area (Å²) in [4.78, 5) is 35.4. The topological polar surface area (TPSA) is 149 Å². The summed E-state index contributed by atoms with van der Waals surface area (Å²) in [6, 6.07) is 0. The van der Waals surface area contributed by atoms with Crippen molar-refractivity contribution >= 4 is 19.8 Å². The molecule has 0 aliphatic heterocycles. The molecule has 340 valence electrons. The van der Waals surface area contributed by atoms with E-state index in [4.69, 9.17) is 18.5 Å². The zero-order valence-corrected chi connectivity index (χ0v) is 38.4. The molecule has 3 N–H and O–H groups in total. The zero-order chi connectivity index (χ0) is 43.2. The minimum absolute atomic E-state index is 0.00149. The van der Waals surface area contributed by atoms with Gasteiger partial charge < -0.3 is 29.1 Å². The maximum absolute atomic E-state index is 12.7. The van der Waals surface area contributed by atoms with Crippen LogP contribution in [0.25, 0.3) is 0 Å². The standard InChI is InChI=1S/C46H86NO10P/c1-6-8-10-12-14-15-16-17-18-19-20-21-22-23-24-28-32-36-45(50)54-40-42(41-56-58(52,53)55-39-38-47(3,4)5)57-46(51)37-33-29-25-27-31-35-44(49)43(48)34-30-26-13-11-9-7-2/h14-15,17-18,26,30,42-44,48-49H,6-13,16,19-25,27-29,31-41H2,1-5H3/p+1/b15-14-,18-17-,30-26-/t42-,43+,44+/m1/s1. The van der Waals surface area contributed by atoms with E-state index < -0.39 is 44.7 Å². The van der Waals surface area contributed by atoms with Crippen molar-refractivity contribution in [2.75, 3.05) is 47.5 Å². The van der Waals surface area contributed by atoms with E-state index in [2.05, 4.69) is 44.2 Å². The van der Waals surface area contributed by atoms with Gasteiger partial charge in [0.05, 0.1) is 40.0 Å². The average molecular weight is 845 g/mol. The van der Waals surface area contributed by atoms with E-state index in [1.165, 1.54) is 57.8 Å². The lowest BCUT2D eigenvalue weighted by Gasteiger charge is -2.24. The molecule has 0 heterocycles. The maximum atomic E-state index is 12.7. The number of hydrogen-bond donors (Lipinski definition) is 3. The lowest BCUT2D eigenvalue weighted by molar-refractivity contribution is -0.870. The molecular weight excluding hydrogens is 757 g/mol. The van der Waals surface area contributed by atoms with Crippen LogP contribution in [0.1, 0.15) is 181 Å². The predicted octanol–water partition coefficient (Wildman–Crippen LogP) is 10.9. The number of hydrogen-bond acceptors (Lipinski definition) is 9. The minimum atomic E-state index is -4.42. The van der Waals surface area contributed by atoms with Gasteiger partial charge in [0, 0.05) is 12.8 Å². The van der Waals surface area contributed by atoms with Crippen molar-refractivity contribution in [2.45, 2.75) is 199 Å². The van der Waals surface area contributed by atoms with Crippen LogP contribution in [-0.2, 0) is 32.7 Å². The Bertz CT molecular complexity index is 1120. The van der Waals surface area contributed by atoms with Crippen molar-refractivity contribution in [2.24, 2.45) is 0 Å². The number of unbranched alkanes of at least 4 members (excludes halogenated alkanes) is 17. The Morgan fingerprint density at radius 3 is 1.67 bits per heavy atom. The van der Waals surface area contributed by atoms with Gasteiger partial charge in [-0.05, 0) is 70.6 Å². The number of carbonyl (C=O) groups excluding carboxylic acids is 2. The second kappa shape index (κ2) is 38.1. The van der Waals surface area contributed by atoms with Gasteiger partial charge in [0.1, 0.15) is 19.8 Å². The van der Waals surface area contributed by atoms with E-state index >= 15 is 0 Å². The summed E-state index contributed by atoms with van der Waals surface area (Å²) in [6.07, 6.45) is 34.9. The molecule has 0 saturated heterocycles. The molecule has 11 nitrogen and oxygen atoms in total. The summed E-state index contributed by atoms with van der Waals surface area (Å²) < 4.78 is 34.2. The van der Waals surface area contributed by atoms with Gasteiger partial charge >= 0.3 is 19.8 Å². The van der Waals surface area contributed by atoms with Gasteiger partial charge in [0.2, 0.25) is 0 Å². The van der Waals surface area contributed by atoms with E-state index in [1.807, 2.05) is 27.2 Å². The van der Waals surface area contributed by atoms with Crippen molar-refractivity contribution in [1.82, 2.24) is 0 Å². The third-order valence-corrected chi connectivity index (χ3v) is 10.8. The Hall–Kier alpha value is -1.85. The van der Waals surface area contributed by atoms with Gasteiger partial charge in [-0.15, -0.1) is 0 Å². The van der Waals surface area contributed by atoms with Gasteiger partial charge in [-0.1, -0.05) is 134 Å². The Morgan fingerprint density at radius 2 is 1.10 bits per heavy atom. The van der Waals surface area contributed by atoms with E-state index in [-0.39, 0.29) is 26.1 Å². The van der Waals surface area contributed by atoms with Crippen LogP contribution in [-0.4, -0.2) is 97.3 Å². The molecule has 0 spiro atoms. The first-order valence-corrected chi connectivity index (χ1v) is 24.4. The second-order valence-corrected chi connectivity index (χ2v) is 18.2. The lowest BCUT2D eigenvalue weighted by Crippen LogP contribution is -2.37. The van der Waals surface area contributed by atoms with Crippen molar-refractivity contribution in [3.05, 3.63) is 36.5 Å². The molecule has 0 rings (SSSR count). The number of ether oxygens (including phenoxy) is 2. The number of phosphoric acid groups is 1. The number of quaternary nitrogens is 1. The summed E-state index contributed by atoms with van der Waals surface area (Å²) in [7, 11) is 1.37. The molecule has 0 amide bonds. The van der Waals surface area contributed by atoms with Gasteiger partial charge in [-0.25, -0.2) is 4.57 Å². The fourth-order valence-corrected chi connectivity index (χ4v) is 6.81. The number of nitrogens with zero attached hydrogens (tertiary/aromatic N) is 1. The van der Waals surface area contributed by atoms with E-state index in [9.17, 15) is 29.3 Å². The molecule has 0 radical (unpaired) electrons. The molecule has 4 atom stereocenters. The number of esters is 2. The predicted molar refractivity (Wildman–Crippen MR) is 236 cm³/mol. The summed E-state index contributed by atoms with van der Waals surface area (Å²) >= 11 is 0. The van der Waals surface area contributed by atoms with Gasteiger partial charge in [-0.2, -0.15) is 0 Å². The quantitative estimate of drug-likeness (QED) is 0.0178. The Labute approximate surface area is 354 Å². The van der Waals surface area contributed by atoms with Crippen LogP contribution in [0.15, 0.2) is 36.5 Å². The monoisotopic (exact) mass is 845 g/mol. The van der Waals surface area contributed by atoms with Crippen LogP contribution < -0.4 is 0 Å². The Morgan fingerprint density at radius 1 is 0.603 bits per heavy atom. The molecule has 12 heteroatoms. The Kier molecular flexibility index (Phi) is 36.9. The fraction of sp³-hybridized carbons (Fsp3) is 0.826. The van der Waals surface area contributed by atoms with Gasteiger partial charge in [0.15, 0.2) is 6.10 Å². The van der Waals surface area contributed by atoms with Crippen LogP contribution in [0.5, 0.6) is 0 Å². The summed E-state index contributed by atoms with van der Waals surface area (Å²) in [6.45, 7) is 4.15. The number of phosphoric ester groups is 1. The number of likely N-dealkylation sites (N-methyl/N-ethyl adjacent to an activating group) is 1. The SMILES string of the molecule is CCCCC/C=C\C/C=C\CCCCCCCCCC(=O)OC[C@H](COP(=O)(O)OCC[N+](C)(C)C)OC(=O)CCCCCCC[C@H](O)[C@@H](O)C/C=C\CCCCC. The molecule has 0 aromatic rings. The van der Waals surface area contributed by atoms with Crippen molar-refractivity contribution in [1.29, 1.82) is 0 Å². The smallest absolute Gasteiger partial charge is 0.462 e. The summed E-state index contributed by atoms with van der Waals surface area (Å²) in [5, 5.41) is 20.5. The third-order valence-electron chi connectivity index (χ3n) is 9.84. The van der Waals surface area contributed by atoms with Crippen molar-refractivity contribution in [3.63, 3.8) is 0 Å². The highest BCUT2D eigenvalue weighted by atomic mass is 31.2. The molecule has 58 heavy (non-hydrogen) atoms. The highest BCUT2D eigenvalue weighted by Crippen LogP contribution is 2.43. The van der Waals surface area contributed by atoms with Crippen LogP contribution in [0.4, 0.5) is 0 Å². The molecule has 0 fully saturated rings. The minimum Gasteiger partial charge on any atom is -0.462 e. The maximum Gasteiger partial charge on any atom is 0.472 e. The molecule has 0 aliphatic carbocycles. The molecule has 0 saturated carbocycles. The van der Waals surface area contributed by atoms with Gasteiger partial charge in [-0.3, -0.25) is 18.6 Å². The molecular formula is C46H87NO10P+. The molecule has 0 aromatic carbocycles. The fourth-order valence-electron chi connectivity index (χ4n) is 6.07. The first-order chi connectivity index (χ1) is 27.8. The van der Waals surface area contributed by atoms with Crippen molar-refractivity contribution in [3.8, 4) is 0 Å².